The first-order chi connectivity index (χ1) is 12.5. The van der Waals surface area contributed by atoms with Gasteiger partial charge in [-0.2, -0.15) is 0 Å². The van der Waals surface area contributed by atoms with Gasteiger partial charge in [0.25, 0.3) is 0 Å². The maximum atomic E-state index is 12.0. The van der Waals surface area contributed by atoms with Crippen molar-refractivity contribution >= 4 is 11.7 Å². The second-order valence-corrected chi connectivity index (χ2v) is 8.93. The van der Waals surface area contributed by atoms with Crippen LogP contribution in [0.15, 0.2) is 24.3 Å². The molecule has 0 radical (unpaired) electrons. The zero-order valence-corrected chi connectivity index (χ0v) is 17.3. The molecule has 1 amide bonds. The van der Waals surface area contributed by atoms with Gasteiger partial charge in [-0.15, -0.1) is 0 Å². The van der Waals surface area contributed by atoms with Gasteiger partial charge in [-0.05, 0) is 29.4 Å². The molecule has 152 valence electrons. The minimum Gasteiger partial charge on any atom is -0.396 e. The summed E-state index contributed by atoms with van der Waals surface area (Å²) in [5.41, 5.74) is 1.67. The second kappa shape index (κ2) is 10.00. The van der Waals surface area contributed by atoms with Gasteiger partial charge < -0.3 is 15.5 Å². The van der Waals surface area contributed by atoms with Crippen molar-refractivity contribution < 1.29 is 19.8 Å². The molecule has 1 aromatic carbocycles. The first-order valence-electron chi connectivity index (χ1n) is 9.65. The van der Waals surface area contributed by atoms with Crippen LogP contribution in [-0.4, -0.2) is 41.2 Å². The fourth-order valence-electron chi connectivity index (χ4n) is 2.62. The summed E-state index contributed by atoms with van der Waals surface area (Å²) >= 11 is 0. The summed E-state index contributed by atoms with van der Waals surface area (Å²) in [4.78, 5) is 23.9. The summed E-state index contributed by atoms with van der Waals surface area (Å²) in [7, 11) is 0. The van der Waals surface area contributed by atoms with Crippen molar-refractivity contribution in [3.8, 4) is 0 Å². The molecule has 1 aromatic rings. The Morgan fingerprint density at radius 3 is 2.15 bits per heavy atom. The molecule has 0 spiro atoms. The topological polar surface area (TPSA) is 86.6 Å². The predicted molar refractivity (Wildman–Crippen MR) is 108 cm³/mol. The molecule has 1 atom stereocenters. The van der Waals surface area contributed by atoms with Gasteiger partial charge in [0.05, 0.1) is 6.61 Å². The van der Waals surface area contributed by atoms with Gasteiger partial charge in [-0.1, -0.05) is 58.9 Å². The summed E-state index contributed by atoms with van der Waals surface area (Å²) in [5, 5.41) is 21.7. The van der Waals surface area contributed by atoms with Crippen LogP contribution in [0.4, 0.5) is 0 Å². The van der Waals surface area contributed by atoms with E-state index < -0.39 is 17.4 Å². The third kappa shape index (κ3) is 7.81. The highest BCUT2D eigenvalue weighted by Crippen LogP contribution is 2.22. The lowest BCUT2D eigenvalue weighted by atomic mass is 9.86. The monoisotopic (exact) mass is 377 g/mol. The van der Waals surface area contributed by atoms with Gasteiger partial charge in [0.15, 0.2) is 0 Å². The van der Waals surface area contributed by atoms with E-state index in [1.165, 1.54) is 5.56 Å². The fraction of sp³-hybridized carbons (Fsp3) is 0.636. The van der Waals surface area contributed by atoms with Crippen molar-refractivity contribution in [2.45, 2.75) is 71.8 Å². The van der Waals surface area contributed by atoms with Crippen LogP contribution >= 0.6 is 0 Å². The first kappa shape index (κ1) is 23.3. The Balaban J connectivity index is 2.29. The predicted octanol–water partition coefficient (Wildman–Crippen LogP) is 2.76. The number of carbonyl (C=O) groups is 2. The third-order valence-corrected chi connectivity index (χ3v) is 4.84. The summed E-state index contributed by atoms with van der Waals surface area (Å²) in [6, 6.07) is 8.40. The third-order valence-electron chi connectivity index (χ3n) is 4.84. The fourth-order valence-corrected chi connectivity index (χ4v) is 2.62. The van der Waals surface area contributed by atoms with Crippen molar-refractivity contribution in [2.24, 2.45) is 5.41 Å². The van der Waals surface area contributed by atoms with E-state index in [1.807, 2.05) is 0 Å². The van der Waals surface area contributed by atoms with Crippen molar-refractivity contribution in [3.05, 3.63) is 35.4 Å². The Morgan fingerprint density at radius 1 is 1.04 bits per heavy atom. The number of aliphatic hydroxyl groups is 2. The average Bonchev–Trinajstić information content (AvgIpc) is 2.62. The molecule has 1 rings (SSSR count). The number of aliphatic hydroxyl groups excluding tert-OH is 2. The smallest absolute Gasteiger partial charge is 0.249 e. The molecule has 0 fully saturated rings. The SMILES string of the molecule is CC(C)(C)c1ccc(CCC(=O)CCCNC(=O)[C@H](O)C(C)(C)CO)cc1. The number of aryl methyl sites for hydroxylation is 1. The number of hydrogen-bond acceptors (Lipinski definition) is 4. The van der Waals surface area contributed by atoms with Crippen LogP contribution in [0.1, 0.15) is 65.0 Å². The van der Waals surface area contributed by atoms with Gasteiger partial charge >= 0.3 is 0 Å². The van der Waals surface area contributed by atoms with Crippen molar-refractivity contribution in [2.75, 3.05) is 13.2 Å². The maximum absolute atomic E-state index is 12.0. The molecule has 5 heteroatoms. The molecule has 0 bridgehead atoms. The number of Topliss-reactive ketones (excluding diaryl/α,β-unsaturated/α-hetero) is 1. The van der Waals surface area contributed by atoms with Gasteiger partial charge in [-0.25, -0.2) is 0 Å². The van der Waals surface area contributed by atoms with E-state index in [0.717, 1.165) is 12.0 Å². The van der Waals surface area contributed by atoms with Crippen LogP contribution in [-0.2, 0) is 21.4 Å². The summed E-state index contributed by atoms with van der Waals surface area (Å²) in [6.45, 7) is 9.82. The summed E-state index contributed by atoms with van der Waals surface area (Å²) in [5.74, 6) is -0.346. The van der Waals surface area contributed by atoms with Crippen molar-refractivity contribution in [1.82, 2.24) is 5.32 Å². The van der Waals surface area contributed by atoms with Gasteiger partial charge in [0.1, 0.15) is 11.9 Å². The quantitative estimate of drug-likeness (QED) is 0.547. The van der Waals surface area contributed by atoms with Crippen molar-refractivity contribution in [3.63, 3.8) is 0 Å². The van der Waals surface area contributed by atoms with E-state index in [9.17, 15) is 19.8 Å². The molecule has 27 heavy (non-hydrogen) atoms. The molecule has 0 saturated carbocycles. The highest BCUT2D eigenvalue weighted by atomic mass is 16.3. The van der Waals surface area contributed by atoms with Gasteiger partial charge in [0, 0.05) is 24.8 Å². The Bertz CT molecular complexity index is 614. The molecule has 0 aliphatic carbocycles. The number of amides is 1. The number of nitrogens with one attached hydrogen (secondary N) is 1. The van der Waals surface area contributed by atoms with Gasteiger partial charge in [0.2, 0.25) is 5.91 Å². The van der Waals surface area contributed by atoms with E-state index in [1.54, 1.807) is 13.8 Å². The van der Waals surface area contributed by atoms with E-state index in [0.29, 0.717) is 25.8 Å². The lowest BCUT2D eigenvalue weighted by Gasteiger charge is -2.27. The van der Waals surface area contributed by atoms with E-state index in [2.05, 4.69) is 50.4 Å². The van der Waals surface area contributed by atoms with E-state index in [4.69, 9.17) is 0 Å². The Labute approximate surface area is 163 Å². The van der Waals surface area contributed by atoms with Crippen LogP contribution in [0.5, 0.6) is 0 Å². The molecule has 0 heterocycles. The Kier molecular flexibility index (Phi) is 8.63. The van der Waals surface area contributed by atoms with Crippen LogP contribution < -0.4 is 5.32 Å². The lowest BCUT2D eigenvalue weighted by molar-refractivity contribution is -0.137. The Morgan fingerprint density at radius 2 is 1.63 bits per heavy atom. The number of carbonyl (C=O) groups excluding carboxylic acids is 2. The number of hydrogen-bond donors (Lipinski definition) is 3. The zero-order chi connectivity index (χ0) is 20.7. The molecule has 5 nitrogen and oxygen atoms in total. The molecule has 0 saturated heterocycles. The standard InChI is InChI=1S/C22H35NO4/c1-21(2,3)17-11-8-16(9-12-17)10-13-18(25)7-6-14-23-20(27)19(26)22(4,5)15-24/h8-9,11-12,19,24,26H,6-7,10,13-15H2,1-5H3,(H,23,27)/t19-/m0/s1. The van der Waals surface area contributed by atoms with Crippen LogP contribution in [0.25, 0.3) is 0 Å². The normalized spacial score (nSPS) is 13.3. The number of rotatable bonds is 10. The molecular formula is C22H35NO4. The minimum atomic E-state index is -1.27. The Hall–Kier alpha value is -1.72. The molecule has 3 N–H and O–H groups in total. The van der Waals surface area contributed by atoms with Crippen LogP contribution in [0, 0.1) is 5.41 Å². The first-order valence-corrected chi connectivity index (χ1v) is 9.65. The highest BCUT2D eigenvalue weighted by Gasteiger charge is 2.32. The van der Waals surface area contributed by atoms with Gasteiger partial charge in [-0.3, -0.25) is 9.59 Å². The minimum absolute atomic E-state index is 0.124. The second-order valence-electron chi connectivity index (χ2n) is 8.93. The summed E-state index contributed by atoms with van der Waals surface area (Å²) < 4.78 is 0. The highest BCUT2D eigenvalue weighted by molar-refractivity contribution is 5.81. The maximum Gasteiger partial charge on any atom is 0.249 e. The van der Waals surface area contributed by atoms with Crippen LogP contribution in [0.2, 0.25) is 0 Å². The number of benzene rings is 1. The summed E-state index contributed by atoms with van der Waals surface area (Å²) in [6.07, 6.45) is 0.885. The van der Waals surface area contributed by atoms with E-state index in [-0.39, 0.29) is 17.8 Å². The molecule has 0 unspecified atom stereocenters. The lowest BCUT2D eigenvalue weighted by Crippen LogP contribution is -2.45. The zero-order valence-electron chi connectivity index (χ0n) is 17.3. The molecule has 0 aromatic heterocycles. The van der Waals surface area contributed by atoms with Crippen molar-refractivity contribution in [1.29, 1.82) is 0 Å². The average molecular weight is 378 g/mol. The largest absolute Gasteiger partial charge is 0.396 e. The number of ketones is 1. The molecule has 0 aliphatic rings. The van der Waals surface area contributed by atoms with E-state index >= 15 is 0 Å². The molecular weight excluding hydrogens is 342 g/mol. The van der Waals surface area contributed by atoms with Crippen LogP contribution in [0.3, 0.4) is 0 Å². The molecule has 0 aliphatic heterocycles.